The molecule has 0 heterocycles. The van der Waals surface area contributed by atoms with Crippen LogP contribution in [0.25, 0.3) is 0 Å². The number of halogens is 1. The summed E-state index contributed by atoms with van der Waals surface area (Å²) in [6, 6.07) is 0. The smallest absolute Gasteiger partial charge is 0.151 e. The highest BCUT2D eigenvalue weighted by Crippen LogP contribution is 1.98. The summed E-state index contributed by atoms with van der Waals surface area (Å²) in [7, 11) is 0. The van der Waals surface area contributed by atoms with Gasteiger partial charge in [-0.3, -0.25) is 0 Å². The molecule has 3 N–H and O–H groups in total. The molecule has 3 atom stereocenters. The third kappa shape index (κ3) is 2.38. The largest absolute Gasteiger partial charge is 0.388 e. The van der Waals surface area contributed by atoms with E-state index in [2.05, 4.69) is 0 Å². The van der Waals surface area contributed by atoms with Crippen molar-refractivity contribution in [1.82, 2.24) is 0 Å². The summed E-state index contributed by atoms with van der Waals surface area (Å²) < 4.78 is 11.5. The lowest BCUT2D eigenvalue weighted by Crippen LogP contribution is -2.39. The summed E-state index contributed by atoms with van der Waals surface area (Å²) in [6.45, 7) is -1.19. The van der Waals surface area contributed by atoms with Gasteiger partial charge >= 0.3 is 0 Å². The van der Waals surface area contributed by atoms with Crippen LogP contribution in [0.4, 0.5) is 4.39 Å². The van der Waals surface area contributed by atoms with Gasteiger partial charge in [-0.25, -0.2) is 4.39 Å². The first-order chi connectivity index (χ1) is 4.63. The highest BCUT2D eigenvalue weighted by atomic mass is 19.1. The van der Waals surface area contributed by atoms with Crippen molar-refractivity contribution in [2.45, 2.75) is 18.3 Å². The second-order valence-electron chi connectivity index (χ2n) is 1.84. The summed E-state index contributed by atoms with van der Waals surface area (Å²) in [5, 5.41) is 25.6. The van der Waals surface area contributed by atoms with Gasteiger partial charge in [-0.1, -0.05) is 0 Å². The van der Waals surface area contributed by atoms with Gasteiger partial charge in [-0.05, 0) is 0 Å². The monoisotopic (exact) mass is 152 g/mol. The fourth-order valence-electron chi connectivity index (χ4n) is 0.399. The molecule has 0 aromatic rings. The van der Waals surface area contributed by atoms with Gasteiger partial charge in [0.15, 0.2) is 6.29 Å². The Labute approximate surface area is 56.9 Å². The molecule has 0 radical (unpaired) electrons. The average Bonchev–Trinajstić information content (AvgIpc) is 2.00. The SMILES string of the molecule is O=CC(O)C(O)C(O)CF. The fraction of sp³-hybridized carbons (Fsp3) is 0.800. The van der Waals surface area contributed by atoms with Gasteiger partial charge in [0.25, 0.3) is 0 Å². The second-order valence-corrected chi connectivity index (χ2v) is 1.84. The Morgan fingerprint density at radius 1 is 1.40 bits per heavy atom. The van der Waals surface area contributed by atoms with Gasteiger partial charge < -0.3 is 20.1 Å². The molecule has 0 amide bonds. The van der Waals surface area contributed by atoms with Gasteiger partial charge in [0.1, 0.15) is 25.0 Å². The lowest BCUT2D eigenvalue weighted by Gasteiger charge is -2.15. The van der Waals surface area contributed by atoms with Gasteiger partial charge in [-0.2, -0.15) is 0 Å². The number of aldehydes is 1. The highest BCUT2D eigenvalue weighted by Gasteiger charge is 2.23. The van der Waals surface area contributed by atoms with Crippen molar-refractivity contribution in [2.24, 2.45) is 0 Å². The Morgan fingerprint density at radius 2 is 1.90 bits per heavy atom. The molecule has 0 aromatic heterocycles. The molecule has 0 bridgehead atoms. The Kier molecular flexibility index (Phi) is 4.10. The van der Waals surface area contributed by atoms with E-state index in [1.807, 2.05) is 0 Å². The van der Waals surface area contributed by atoms with Gasteiger partial charge in [0, 0.05) is 0 Å². The van der Waals surface area contributed by atoms with Crippen LogP contribution >= 0.6 is 0 Å². The molecule has 0 aliphatic rings. The Morgan fingerprint density at radius 3 is 2.20 bits per heavy atom. The lowest BCUT2D eigenvalue weighted by molar-refractivity contribution is -0.126. The van der Waals surface area contributed by atoms with E-state index in [1.54, 1.807) is 0 Å². The third-order valence-corrected chi connectivity index (χ3v) is 1.04. The molecule has 0 aliphatic carbocycles. The summed E-state index contributed by atoms with van der Waals surface area (Å²) in [5.41, 5.74) is 0. The number of aliphatic hydroxyl groups is 3. The Hall–Kier alpha value is -0.520. The summed E-state index contributed by atoms with van der Waals surface area (Å²) in [4.78, 5) is 9.72. The number of carbonyl (C=O) groups is 1. The van der Waals surface area contributed by atoms with Crippen LogP contribution in [0.15, 0.2) is 0 Å². The number of rotatable bonds is 4. The van der Waals surface area contributed by atoms with Crippen molar-refractivity contribution in [3.8, 4) is 0 Å². The molecule has 0 aliphatic heterocycles. The van der Waals surface area contributed by atoms with E-state index in [-0.39, 0.29) is 6.29 Å². The molecule has 10 heavy (non-hydrogen) atoms. The number of hydrogen-bond acceptors (Lipinski definition) is 4. The number of hydrogen-bond donors (Lipinski definition) is 3. The topological polar surface area (TPSA) is 77.8 Å². The Balaban J connectivity index is 3.80. The second kappa shape index (κ2) is 4.32. The fourth-order valence-corrected chi connectivity index (χ4v) is 0.399. The maximum atomic E-state index is 11.5. The zero-order valence-corrected chi connectivity index (χ0v) is 5.14. The highest BCUT2D eigenvalue weighted by molar-refractivity contribution is 5.56. The molecule has 0 saturated carbocycles. The quantitative estimate of drug-likeness (QED) is 0.417. The predicted molar refractivity (Wildman–Crippen MR) is 30.1 cm³/mol. The number of alkyl halides is 1. The molecule has 3 unspecified atom stereocenters. The first kappa shape index (κ1) is 9.48. The van der Waals surface area contributed by atoms with Gasteiger partial charge in [0.05, 0.1) is 0 Å². The predicted octanol–water partition coefficient (Wildman–Crippen LogP) is -1.76. The number of aliphatic hydroxyl groups excluding tert-OH is 3. The van der Waals surface area contributed by atoms with Crippen LogP contribution in [-0.2, 0) is 4.79 Å². The molecule has 5 heteroatoms. The van der Waals surface area contributed by atoms with Crippen LogP contribution in [0.5, 0.6) is 0 Å². The van der Waals surface area contributed by atoms with Crippen molar-refractivity contribution in [1.29, 1.82) is 0 Å². The summed E-state index contributed by atoms with van der Waals surface area (Å²) in [5.74, 6) is 0. The van der Waals surface area contributed by atoms with Crippen molar-refractivity contribution >= 4 is 6.29 Å². The summed E-state index contributed by atoms with van der Waals surface area (Å²) >= 11 is 0. The van der Waals surface area contributed by atoms with Crippen LogP contribution in [0.2, 0.25) is 0 Å². The molecule has 4 nitrogen and oxygen atoms in total. The first-order valence-electron chi connectivity index (χ1n) is 2.69. The summed E-state index contributed by atoms with van der Waals surface area (Å²) in [6.07, 6.45) is -5.11. The van der Waals surface area contributed by atoms with E-state index in [1.165, 1.54) is 0 Å². The molecule has 0 saturated heterocycles. The van der Waals surface area contributed by atoms with E-state index in [0.717, 1.165) is 0 Å². The zero-order chi connectivity index (χ0) is 8.15. The van der Waals surface area contributed by atoms with Crippen molar-refractivity contribution in [3.05, 3.63) is 0 Å². The lowest BCUT2D eigenvalue weighted by atomic mass is 10.1. The molecule has 0 rings (SSSR count). The van der Waals surface area contributed by atoms with Crippen LogP contribution in [0.1, 0.15) is 0 Å². The standard InChI is InChI=1S/C5H9FO4/c6-1-3(8)5(10)4(9)2-7/h2-5,8-10H,1H2. The van der Waals surface area contributed by atoms with Crippen molar-refractivity contribution in [3.63, 3.8) is 0 Å². The van der Waals surface area contributed by atoms with E-state index in [9.17, 15) is 9.18 Å². The Bertz CT molecular complexity index is 108. The third-order valence-electron chi connectivity index (χ3n) is 1.04. The minimum absolute atomic E-state index is 0.0313. The minimum atomic E-state index is -1.73. The maximum Gasteiger partial charge on any atom is 0.151 e. The molecule has 60 valence electrons. The van der Waals surface area contributed by atoms with Crippen LogP contribution in [0.3, 0.4) is 0 Å². The van der Waals surface area contributed by atoms with E-state index < -0.39 is 25.0 Å². The first-order valence-corrected chi connectivity index (χ1v) is 2.69. The van der Waals surface area contributed by atoms with Gasteiger partial charge in [0.2, 0.25) is 0 Å². The van der Waals surface area contributed by atoms with E-state index in [4.69, 9.17) is 15.3 Å². The van der Waals surface area contributed by atoms with Crippen LogP contribution in [0, 0.1) is 0 Å². The van der Waals surface area contributed by atoms with Crippen molar-refractivity contribution < 1.29 is 24.5 Å². The molecular formula is C5H9FO4. The minimum Gasteiger partial charge on any atom is -0.388 e. The normalized spacial score (nSPS) is 19.6. The van der Waals surface area contributed by atoms with Crippen LogP contribution in [-0.4, -0.2) is 46.6 Å². The van der Waals surface area contributed by atoms with Crippen molar-refractivity contribution in [2.75, 3.05) is 6.67 Å². The average molecular weight is 152 g/mol. The molecular weight excluding hydrogens is 143 g/mol. The molecule has 0 spiro atoms. The maximum absolute atomic E-state index is 11.5. The zero-order valence-electron chi connectivity index (χ0n) is 5.14. The van der Waals surface area contributed by atoms with E-state index >= 15 is 0 Å². The molecule has 0 aromatic carbocycles. The van der Waals surface area contributed by atoms with E-state index in [0.29, 0.717) is 0 Å². The number of carbonyl (C=O) groups excluding carboxylic acids is 1. The molecule has 0 fully saturated rings. The van der Waals surface area contributed by atoms with Crippen LogP contribution < -0.4 is 0 Å². The van der Waals surface area contributed by atoms with Gasteiger partial charge in [-0.15, -0.1) is 0 Å².